The molecule has 0 fully saturated rings. The molecule has 9 nitrogen and oxygen atoms in total. The van der Waals surface area contributed by atoms with Crippen LogP contribution in [0.1, 0.15) is 425 Å². The number of carbonyl (C=O) groups excluding carboxylic acids is 2. The summed E-state index contributed by atoms with van der Waals surface area (Å²) in [6, 6.07) is 0. The Bertz CT molecular complexity index is 2050. The lowest BCUT2D eigenvalue weighted by atomic mass is 10.0. The zero-order valence-electron chi connectivity index (χ0n) is 68.1. The van der Waals surface area contributed by atoms with Gasteiger partial charge in [0.25, 0.3) is 7.82 Å². The fourth-order valence-corrected chi connectivity index (χ4v) is 13.7. The van der Waals surface area contributed by atoms with Crippen LogP contribution in [-0.4, -0.2) is 70.0 Å². The number of allylic oxidation sites excluding steroid dienone is 16. The summed E-state index contributed by atoms with van der Waals surface area (Å²) in [6.45, 7) is 4.18. The number of likely N-dealkylation sites (N-methyl/N-ethyl adjacent to an activating group) is 1. The molecular formula is C92H168NO8P. The fraction of sp³-hybridized carbons (Fsp3) is 0.804. The maximum Gasteiger partial charge on any atom is 0.306 e. The van der Waals surface area contributed by atoms with Crippen LogP contribution in [0.3, 0.4) is 0 Å². The highest BCUT2D eigenvalue weighted by Crippen LogP contribution is 2.38. The van der Waals surface area contributed by atoms with E-state index in [1.54, 1.807) is 0 Å². The van der Waals surface area contributed by atoms with Crippen LogP contribution in [0.15, 0.2) is 97.2 Å². The summed E-state index contributed by atoms with van der Waals surface area (Å²) in [5, 5.41) is 0. The van der Waals surface area contributed by atoms with Crippen LogP contribution in [0.4, 0.5) is 0 Å². The van der Waals surface area contributed by atoms with Crippen molar-refractivity contribution in [1.82, 2.24) is 0 Å². The number of esters is 2. The van der Waals surface area contributed by atoms with E-state index in [0.29, 0.717) is 17.4 Å². The molecule has 0 rings (SSSR count). The van der Waals surface area contributed by atoms with Crippen LogP contribution >= 0.6 is 7.82 Å². The third-order valence-corrected chi connectivity index (χ3v) is 20.6. The third-order valence-electron chi connectivity index (χ3n) is 19.6. The molecule has 0 saturated heterocycles. The van der Waals surface area contributed by atoms with E-state index in [4.69, 9.17) is 18.5 Å². The fourth-order valence-electron chi connectivity index (χ4n) is 12.9. The predicted octanol–water partition coefficient (Wildman–Crippen LogP) is 29.1. The van der Waals surface area contributed by atoms with Gasteiger partial charge in [-0.2, -0.15) is 0 Å². The van der Waals surface area contributed by atoms with Gasteiger partial charge in [0.15, 0.2) is 6.10 Å². The second kappa shape index (κ2) is 82.0. The van der Waals surface area contributed by atoms with Gasteiger partial charge in [0.1, 0.15) is 19.8 Å². The molecule has 10 heteroatoms. The van der Waals surface area contributed by atoms with E-state index in [-0.39, 0.29) is 32.0 Å². The maximum atomic E-state index is 12.9. The van der Waals surface area contributed by atoms with Crippen molar-refractivity contribution in [2.45, 2.75) is 431 Å². The van der Waals surface area contributed by atoms with Gasteiger partial charge < -0.3 is 27.9 Å². The monoisotopic (exact) mass is 1450 g/mol. The number of ether oxygens (including phenoxy) is 2. The van der Waals surface area contributed by atoms with Gasteiger partial charge in [-0.25, -0.2) is 0 Å². The van der Waals surface area contributed by atoms with Crippen molar-refractivity contribution in [3.63, 3.8) is 0 Å². The Morgan fingerprint density at radius 3 is 0.833 bits per heavy atom. The summed E-state index contributed by atoms with van der Waals surface area (Å²) in [5.74, 6) is -0.811. The van der Waals surface area contributed by atoms with Gasteiger partial charge in [-0.15, -0.1) is 0 Å². The van der Waals surface area contributed by atoms with E-state index >= 15 is 0 Å². The number of phosphoric acid groups is 1. The standard InChI is InChI=1S/C92H168NO8P/c1-6-8-10-12-14-16-18-20-22-24-26-28-30-32-34-36-38-40-42-44-45-46-47-49-50-52-54-56-58-60-62-64-66-68-70-72-74-76-78-80-82-84-91(94)98-88-90(89-100-102(96,97)99-87-86-93(3,4)5)101-92(95)85-83-81-79-77-75-73-71-69-67-65-63-61-59-57-55-53-51-48-43-41-39-37-35-33-31-29-27-25-23-21-19-17-15-13-11-9-7-2/h9,11,15,17-18,20-21,23-24,26-27,29-30,32-33,35,90H,6-8,10,12-14,16,19,22,25,28,31,34,36-89H2,1-5H3/b11-9-,17-15-,20-18-,23-21-,26-24-,29-27-,32-30-,35-33-. The Morgan fingerprint density at radius 1 is 0.314 bits per heavy atom. The Kier molecular flexibility index (Phi) is 79.5. The van der Waals surface area contributed by atoms with Gasteiger partial charge in [0.2, 0.25) is 0 Å². The van der Waals surface area contributed by atoms with E-state index in [1.165, 1.54) is 315 Å². The Morgan fingerprint density at radius 2 is 0.559 bits per heavy atom. The van der Waals surface area contributed by atoms with Crippen LogP contribution in [0.2, 0.25) is 0 Å². The largest absolute Gasteiger partial charge is 0.756 e. The normalized spacial score (nSPS) is 13.4. The van der Waals surface area contributed by atoms with Crippen molar-refractivity contribution in [3.05, 3.63) is 97.2 Å². The first kappa shape index (κ1) is 98.9. The Balaban J connectivity index is 3.87. The molecule has 0 aliphatic heterocycles. The van der Waals surface area contributed by atoms with Crippen LogP contribution in [0.5, 0.6) is 0 Å². The van der Waals surface area contributed by atoms with Crippen LogP contribution < -0.4 is 4.89 Å². The number of quaternary nitrogens is 1. The van der Waals surface area contributed by atoms with Crippen molar-refractivity contribution in [2.75, 3.05) is 47.5 Å². The number of carbonyl (C=O) groups is 2. The second-order valence-corrected chi connectivity index (χ2v) is 32.3. The molecule has 2 atom stereocenters. The molecule has 0 amide bonds. The summed E-state index contributed by atoms with van der Waals surface area (Å²) in [5.41, 5.74) is 0. The van der Waals surface area contributed by atoms with Crippen molar-refractivity contribution in [1.29, 1.82) is 0 Å². The molecule has 0 spiro atoms. The van der Waals surface area contributed by atoms with Gasteiger partial charge in [0, 0.05) is 12.8 Å². The molecule has 0 aliphatic rings. The predicted molar refractivity (Wildman–Crippen MR) is 443 cm³/mol. The lowest BCUT2D eigenvalue weighted by Crippen LogP contribution is -2.37. The molecule has 0 bridgehead atoms. The molecule has 0 aromatic heterocycles. The summed E-state index contributed by atoms with van der Waals surface area (Å²) >= 11 is 0. The topological polar surface area (TPSA) is 111 Å². The lowest BCUT2D eigenvalue weighted by molar-refractivity contribution is -0.870. The number of hydrogen-bond donors (Lipinski definition) is 0. The highest BCUT2D eigenvalue weighted by Gasteiger charge is 2.22. The molecule has 0 aliphatic carbocycles. The first-order valence-corrected chi connectivity index (χ1v) is 45.4. The zero-order chi connectivity index (χ0) is 74.0. The molecule has 0 N–H and O–H groups in total. The van der Waals surface area contributed by atoms with E-state index in [2.05, 4.69) is 111 Å². The smallest absolute Gasteiger partial charge is 0.306 e. The van der Waals surface area contributed by atoms with Gasteiger partial charge in [0.05, 0.1) is 27.7 Å². The highest BCUT2D eigenvalue weighted by molar-refractivity contribution is 7.45. The minimum Gasteiger partial charge on any atom is -0.756 e. The van der Waals surface area contributed by atoms with Crippen LogP contribution in [-0.2, 0) is 32.7 Å². The SMILES string of the molecule is CC/C=C\C/C=C\C/C=C\C/C=C\C/C=C\CCCCCCCCCCCCCCCCCCCCCCCC(=O)OC(COC(=O)CCCCCCCCCCCCCCCCCCCCCCCCCCCC/C=C\C/C=C\C/C=C\CCCCCCC)COP(=O)([O-])OCC[N+](C)(C)C. The molecule has 0 heterocycles. The van der Waals surface area contributed by atoms with E-state index in [1.807, 2.05) is 21.1 Å². The summed E-state index contributed by atoms with van der Waals surface area (Å²) in [4.78, 5) is 38.3. The highest BCUT2D eigenvalue weighted by atomic mass is 31.2. The molecule has 0 aromatic carbocycles. The van der Waals surface area contributed by atoms with Crippen LogP contribution in [0, 0.1) is 0 Å². The van der Waals surface area contributed by atoms with E-state index < -0.39 is 26.5 Å². The summed E-state index contributed by atoms with van der Waals surface area (Å²) in [6.07, 6.45) is 116. The number of nitrogens with zero attached hydrogens (tertiary/aromatic N) is 1. The average molecular weight is 1450 g/mol. The number of rotatable bonds is 82. The molecule has 2 unspecified atom stereocenters. The van der Waals surface area contributed by atoms with Crippen molar-refractivity contribution < 1.29 is 42.1 Å². The molecule has 0 radical (unpaired) electrons. The van der Waals surface area contributed by atoms with Gasteiger partial charge in [-0.1, -0.05) is 413 Å². The number of unbranched alkanes of at least 4 members (excludes halogenated alkanes) is 52. The quantitative estimate of drug-likeness (QED) is 0.0195. The first-order chi connectivity index (χ1) is 50.0. The number of hydrogen-bond acceptors (Lipinski definition) is 8. The minimum atomic E-state index is -4.65. The molecule has 102 heavy (non-hydrogen) atoms. The zero-order valence-corrected chi connectivity index (χ0v) is 69.0. The Labute approximate surface area is 634 Å². The minimum absolute atomic E-state index is 0.0298. The Hall–Kier alpha value is -3.07. The van der Waals surface area contributed by atoms with Crippen LogP contribution in [0.25, 0.3) is 0 Å². The van der Waals surface area contributed by atoms with E-state index in [9.17, 15) is 19.0 Å². The van der Waals surface area contributed by atoms with Crippen molar-refractivity contribution >= 4 is 19.8 Å². The van der Waals surface area contributed by atoms with Gasteiger partial charge in [-0.05, 0) is 96.3 Å². The second-order valence-electron chi connectivity index (χ2n) is 30.9. The van der Waals surface area contributed by atoms with Gasteiger partial charge in [-0.3, -0.25) is 14.2 Å². The molecule has 0 saturated carbocycles. The third kappa shape index (κ3) is 85.9. The van der Waals surface area contributed by atoms with Gasteiger partial charge >= 0.3 is 11.9 Å². The molecule has 0 aromatic rings. The number of phosphoric ester groups is 1. The molecular weight excluding hydrogens is 1280 g/mol. The summed E-state index contributed by atoms with van der Waals surface area (Å²) < 4.78 is 34.5. The lowest BCUT2D eigenvalue weighted by Gasteiger charge is -2.28. The first-order valence-electron chi connectivity index (χ1n) is 43.9. The average Bonchev–Trinajstić information content (AvgIpc) is 0.913. The summed E-state index contributed by atoms with van der Waals surface area (Å²) in [7, 11) is 1.18. The van der Waals surface area contributed by atoms with Crippen molar-refractivity contribution in [2.24, 2.45) is 0 Å². The maximum absolute atomic E-state index is 12.9. The van der Waals surface area contributed by atoms with E-state index in [0.717, 1.165) is 77.0 Å². The molecule has 594 valence electrons. The van der Waals surface area contributed by atoms with Crippen molar-refractivity contribution in [3.8, 4) is 0 Å².